The number of carbonyl (C=O) groups excluding carboxylic acids is 2. The van der Waals surface area contributed by atoms with Crippen LogP contribution in [-0.4, -0.2) is 29.1 Å². The van der Waals surface area contributed by atoms with Gasteiger partial charge in [0.05, 0.1) is 6.54 Å². The maximum absolute atomic E-state index is 11.2. The van der Waals surface area contributed by atoms with Crippen molar-refractivity contribution in [2.45, 2.75) is 39.2 Å². The Balaban J connectivity index is 2.37. The van der Waals surface area contributed by atoms with Gasteiger partial charge in [0.25, 0.3) is 5.91 Å². The van der Waals surface area contributed by atoms with Crippen LogP contribution >= 0.6 is 0 Å². The maximum atomic E-state index is 11.2. The maximum Gasteiger partial charge on any atom is 0.432 e. The highest BCUT2D eigenvalue weighted by Crippen LogP contribution is 2.10. The first kappa shape index (κ1) is 10.8. The minimum atomic E-state index is -0.576. The summed E-state index contributed by atoms with van der Waals surface area (Å²) in [5.41, 5.74) is -0.347. The van der Waals surface area contributed by atoms with Crippen LogP contribution < -0.4 is 5.32 Å². The second kappa shape index (κ2) is 3.86. The van der Waals surface area contributed by atoms with E-state index in [0.29, 0.717) is 13.0 Å². The van der Waals surface area contributed by atoms with Crippen molar-refractivity contribution in [1.29, 1.82) is 0 Å². The van der Waals surface area contributed by atoms with E-state index < -0.39 is 6.09 Å². The molecule has 1 aliphatic heterocycles. The topological polar surface area (TPSA) is 58.6 Å². The molecule has 0 unspecified atom stereocenters. The first-order valence-electron chi connectivity index (χ1n) is 4.69. The van der Waals surface area contributed by atoms with E-state index in [4.69, 9.17) is 4.84 Å². The zero-order chi connectivity index (χ0) is 10.8. The summed E-state index contributed by atoms with van der Waals surface area (Å²) in [6, 6.07) is 0. The fourth-order valence-corrected chi connectivity index (χ4v) is 1.15. The van der Waals surface area contributed by atoms with Crippen LogP contribution in [0.2, 0.25) is 0 Å². The molecule has 0 atom stereocenters. The zero-order valence-corrected chi connectivity index (χ0v) is 8.79. The normalized spacial score (nSPS) is 17.1. The summed E-state index contributed by atoms with van der Waals surface area (Å²) in [6.45, 7) is 6.04. The molecule has 5 heteroatoms. The Hall–Kier alpha value is -1.26. The van der Waals surface area contributed by atoms with Gasteiger partial charge in [0.15, 0.2) is 0 Å². The van der Waals surface area contributed by atoms with Gasteiger partial charge in [-0.1, -0.05) is 0 Å². The van der Waals surface area contributed by atoms with Gasteiger partial charge in [0, 0.05) is 12.0 Å². The minimum Gasteiger partial charge on any atom is -0.319 e. The Morgan fingerprint density at radius 3 is 2.57 bits per heavy atom. The Labute approximate surface area is 83.4 Å². The van der Waals surface area contributed by atoms with Crippen molar-refractivity contribution in [3.05, 3.63) is 0 Å². The molecule has 0 bridgehead atoms. The molecular formula is C9H16N2O3. The van der Waals surface area contributed by atoms with E-state index in [-0.39, 0.29) is 11.4 Å². The molecule has 1 N–H and O–H groups in total. The smallest absolute Gasteiger partial charge is 0.319 e. The molecule has 80 valence electrons. The van der Waals surface area contributed by atoms with Gasteiger partial charge >= 0.3 is 6.09 Å². The summed E-state index contributed by atoms with van der Waals surface area (Å²) in [7, 11) is 0. The molecule has 5 nitrogen and oxygen atoms in total. The van der Waals surface area contributed by atoms with Gasteiger partial charge in [-0.15, -0.1) is 0 Å². The fourth-order valence-electron chi connectivity index (χ4n) is 1.15. The number of nitrogens with zero attached hydrogens (tertiary/aromatic N) is 1. The van der Waals surface area contributed by atoms with Gasteiger partial charge in [-0.25, -0.2) is 4.79 Å². The molecule has 0 aromatic carbocycles. The van der Waals surface area contributed by atoms with Crippen LogP contribution in [0.5, 0.6) is 0 Å². The highest BCUT2D eigenvalue weighted by molar-refractivity contribution is 5.79. The zero-order valence-electron chi connectivity index (χ0n) is 8.79. The predicted molar refractivity (Wildman–Crippen MR) is 50.3 cm³/mol. The number of nitrogens with one attached hydrogen (secondary N) is 1. The number of rotatable bonds is 1. The Bertz CT molecular complexity index is 245. The monoisotopic (exact) mass is 200 g/mol. The molecule has 0 radical (unpaired) electrons. The Kier molecular flexibility index (Phi) is 2.98. The first-order chi connectivity index (χ1) is 6.38. The molecule has 0 aromatic heterocycles. The van der Waals surface area contributed by atoms with Crippen LogP contribution in [0.25, 0.3) is 0 Å². The number of hydrogen-bond donors (Lipinski definition) is 1. The van der Waals surface area contributed by atoms with Crippen LogP contribution in [0, 0.1) is 0 Å². The molecule has 14 heavy (non-hydrogen) atoms. The summed E-state index contributed by atoms with van der Waals surface area (Å²) in [4.78, 5) is 27.2. The second-order valence-electron chi connectivity index (χ2n) is 4.35. The number of amides is 2. The molecule has 0 saturated carbocycles. The molecule has 0 aliphatic carbocycles. The molecule has 0 aromatic rings. The number of hydrogen-bond acceptors (Lipinski definition) is 3. The molecular weight excluding hydrogens is 184 g/mol. The number of carbonyl (C=O) groups is 2. The van der Waals surface area contributed by atoms with E-state index in [2.05, 4.69) is 5.32 Å². The van der Waals surface area contributed by atoms with E-state index in [1.807, 2.05) is 20.8 Å². The number of hydroxylamine groups is 2. The van der Waals surface area contributed by atoms with Crippen molar-refractivity contribution in [1.82, 2.24) is 10.4 Å². The quantitative estimate of drug-likeness (QED) is 0.688. The van der Waals surface area contributed by atoms with Crippen molar-refractivity contribution in [3.8, 4) is 0 Å². The Morgan fingerprint density at radius 2 is 2.14 bits per heavy atom. The third kappa shape index (κ3) is 3.24. The van der Waals surface area contributed by atoms with Gasteiger partial charge in [-0.2, -0.15) is 5.06 Å². The van der Waals surface area contributed by atoms with E-state index >= 15 is 0 Å². The summed E-state index contributed by atoms with van der Waals surface area (Å²) in [5, 5.41) is 3.72. The van der Waals surface area contributed by atoms with E-state index in [0.717, 1.165) is 11.5 Å². The van der Waals surface area contributed by atoms with E-state index in [9.17, 15) is 9.59 Å². The van der Waals surface area contributed by atoms with Crippen molar-refractivity contribution in [2.24, 2.45) is 0 Å². The molecule has 1 rings (SSSR count). The van der Waals surface area contributed by atoms with Gasteiger partial charge in [0.2, 0.25) is 0 Å². The van der Waals surface area contributed by atoms with E-state index in [1.54, 1.807) is 0 Å². The average Bonchev–Trinajstić information content (AvgIpc) is 2.32. The molecule has 2 amide bonds. The van der Waals surface area contributed by atoms with Crippen LogP contribution in [0.15, 0.2) is 0 Å². The average molecular weight is 200 g/mol. The van der Waals surface area contributed by atoms with Gasteiger partial charge in [-0.3, -0.25) is 4.79 Å². The van der Waals surface area contributed by atoms with Crippen LogP contribution in [0.1, 0.15) is 33.6 Å². The van der Waals surface area contributed by atoms with Crippen molar-refractivity contribution >= 4 is 12.0 Å². The molecule has 1 fully saturated rings. The van der Waals surface area contributed by atoms with Crippen LogP contribution in [-0.2, 0) is 9.63 Å². The van der Waals surface area contributed by atoms with E-state index in [1.165, 1.54) is 0 Å². The SMILES string of the molecule is CC(C)(C)NC(=O)ON1CCCC1=O. The molecule has 1 heterocycles. The largest absolute Gasteiger partial charge is 0.432 e. The predicted octanol–water partition coefficient (Wildman–Crippen LogP) is 1.05. The molecule has 1 aliphatic rings. The lowest BCUT2D eigenvalue weighted by atomic mass is 10.1. The second-order valence-corrected chi connectivity index (χ2v) is 4.35. The van der Waals surface area contributed by atoms with Crippen LogP contribution in [0.4, 0.5) is 4.79 Å². The summed E-state index contributed by atoms with van der Waals surface area (Å²) in [5.74, 6) is -0.131. The van der Waals surface area contributed by atoms with Crippen LogP contribution in [0.3, 0.4) is 0 Å². The third-order valence-corrected chi connectivity index (χ3v) is 1.70. The van der Waals surface area contributed by atoms with Crippen molar-refractivity contribution in [2.75, 3.05) is 6.54 Å². The van der Waals surface area contributed by atoms with Crippen molar-refractivity contribution < 1.29 is 14.4 Å². The highest BCUT2D eigenvalue weighted by atomic mass is 16.7. The highest BCUT2D eigenvalue weighted by Gasteiger charge is 2.25. The summed E-state index contributed by atoms with van der Waals surface area (Å²) < 4.78 is 0. The van der Waals surface area contributed by atoms with Gasteiger partial charge in [0.1, 0.15) is 0 Å². The summed E-state index contributed by atoms with van der Waals surface area (Å²) >= 11 is 0. The summed E-state index contributed by atoms with van der Waals surface area (Å²) in [6.07, 6.45) is 0.637. The van der Waals surface area contributed by atoms with Gasteiger partial charge in [-0.05, 0) is 27.2 Å². The minimum absolute atomic E-state index is 0.131. The first-order valence-corrected chi connectivity index (χ1v) is 4.69. The van der Waals surface area contributed by atoms with Gasteiger partial charge < -0.3 is 10.2 Å². The lowest BCUT2D eigenvalue weighted by molar-refractivity contribution is -0.158. The molecule has 0 spiro atoms. The lowest BCUT2D eigenvalue weighted by Crippen LogP contribution is -2.44. The fraction of sp³-hybridized carbons (Fsp3) is 0.778. The standard InChI is InChI=1S/C9H16N2O3/c1-9(2,3)10-8(13)14-11-6-4-5-7(11)12/h4-6H2,1-3H3,(H,10,13). The molecule has 1 saturated heterocycles. The third-order valence-electron chi connectivity index (χ3n) is 1.70. The lowest BCUT2D eigenvalue weighted by Gasteiger charge is -2.22. The van der Waals surface area contributed by atoms with Crippen molar-refractivity contribution in [3.63, 3.8) is 0 Å². The Morgan fingerprint density at radius 1 is 1.50 bits per heavy atom.